The molecule has 3 N–H and O–H groups in total. The first-order valence-corrected chi connectivity index (χ1v) is 6.30. The van der Waals surface area contributed by atoms with Crippen LogP contribution in [0.5, 0.6) is 0 Å². The van der Waals surface area contributed by atoms with Crippen molar-refractivity contribution in [2.75, 3.05) is 6.61 Å². The summed E-state index contributed by atoms with van der Waals surface area (Å²) in [5.41, 5.74) is 1.47. The fourth-order valence-electron chi connectivity index (χ4n) is 1.68. The molecule has 0 bridgehead atoms. The van der Waals surface area contributed by atoms with Crippen molar-refractivity contribution in [2.45, 2.75) is 32.4 Å². The summed E-state index contributed by atoms with van der Waals surface area (Å²) in [6, 6.07) is 8.96. The van der Waals surface area contributed by atoms with E-state index in [1.807, 2.05) is 13.0 Å². The fraction of sp³-hybridized carbons (Fsp3) is 0.429. The number of nitriles is 1. The number of nitrogens with zero attached hydrogens (tertiary/aromatic N) is 1. The van der Waals surface area contributed by atoms with Gasteiger partial charge in [0.1, 0.15) is 0 Å². The highest BCUT2D eigenvalue weighted by Gasteiger charge is 2.06. The van der Waals surface area contributed by atoms with Gasteiger partial charge in [-0.05, 0) is 37.5 Å². The van der Waals surface area contributed by atoms with Crippen molar-refractivity contribution in [1.29, 1.82) is 5.26 Å². The number of aliphatic hydroxyl groups is 1. The minimum absolute atomic E-state index is 0.0255. The molecule has 0 saturated heterocycles. The number of amides is 2. The molecule has 0 aliphatic heterocycles. The molecule has 0 saturated carbocycles. The largest absolute Gasteiger partial charge is 0.396 e. The maximum Gasteiger partial charge on any atom is 0.315 e. The minimum Gasteiger partial charge on any atom is -0.396 e. The van der Waals surface area contributed by atoms with Crippen LogP contribution in [0.2, 0.25) is 0 Å². The Bertz CT molecular complexity index is 454. The van der Waals surface area contributed by atoms with Gasteiger partial charge in [0.2, 0.25) is 0 Å². The molecule has 2 amide bonds. The predicted octanol–water partition coefficient (Wildman–Crippen LogP) is 1.52. The van der Waals surface area contributed by atoms with Crippen molar-refractivity contribution >= 4 is 6.03 Å². The maximum absolute atomic E-state index is 11.6. The first kappa shape index (κ1) is 15.0. The van der Waals surface area contributed by atoms with Crippen molar-refractivity contribution in [3.05, 3.63) is 35.4 Å². The molecule has 5 nitrogen and oxygen atoms in total. The van der Waals surface area contributed by atoms with E-state index in [-0.39, 0.29) is 18.7 Å². The van der Waals surface area contributed by atoms with E-state index in [2.05, 4.69) is 16.7 Å². The highest BCUT2D eigenvalue weighted by molar-refractivity contribution is 5.74. The number of urea groups is 1. The van der Waals surface area contributed by atoms with Crippen molar-refractivity contribution < 1.29 is 9.90 Å². The molecule has 0 aliphatic carbocycles. The van der Waals surface area contributed by atoms with Crippen molar-refractivity contribution in [1.82, 2.24) is 10.6 Å². The molecule has 1 aromatic rings. The van der Waals surface area contributed by atoms with Crippen molar-refractivity contribution in [3.8, 4) is 6.07 Å². The van der Waals surface area contributed by atoms with Crippen LogP contribution in [-0.2, 0) is 6.54 Å². The summed E-state index contributed by atoms with van der Waals surface area (Å²) in [7, 11) is 0. The maximum atomic E-state index is 11.6. The average molecular weight is 261 g/mol. The first-order valence-electron chi connectivity index (χ1n) is 6.30. The summed E-state index contributed by atoms with van der Waals surface area (Å²) in [6.07, 6.45) is 1.42. The normalized spacial score (nSPS) is 11.4. The van der Waals surface area contributed by atoms with Gasteiger partial charge in [-0.2, -0.15) is 5.26 Å². The molecule has 0 aliphatic rings. The second-order valence-corrected chi connectivity index (χ2v) is 4.41. The number of benzene rings is 1. The zero-order valence-corrected chi connectivity index (χ0v) is 11.0. The quantitative estimate of drug-likeness (QED) is 0.725. The summed E-state index contributed by atoms with van der Waals surface area (Å²) in [6.45, 7) is 2.41. The van der Waals surface area contributed by atoms with Gasteiger partial charge >= 0.3 is 6.03 Å². The van der Waals surface area contributed by atoms with Gasteiger partial charge in [-0.3, -0.25) is 0 Å². The van der Waals surface area contributed by atoms with Crippen LogP contribution in [0.15, 0.2) is 24.3 Å². The van der Waals surface area contributed by atoms with Gasteiger partial charge in [-0.1, -0.05) is 12.1 Å². The predicted molar refractivity (Wildman–Crippen MR) is 72.3 cm³/mol. The second-order valence-electron chi connectivity index (χ2n) is 4.41. The number of carbonyl (C=O) groups excluding carboxylic acids is 1. The Kier molecular flexibility index (Phi) is 6.41. The van der Waals surface area contributed by atoms with E-state index < -0.39 is 0 Å². The summed E-state index contributed by atoms with van der Waals surface area (Å²) in [5.74, 6) is 0. The highest BCUT2D eigenvalue weighted by Crippen LogP contribution is 2.03. The van der Waals surface area contributed by atoms with E-state index in [1.54, 1.807) is 18.2 Å². The van der Waals surface area contributed by atoms with Crippen molar-refractivity contribution in [2.24, 2.45) is 0 Å². The molecule has 5 heteroatoms. The van der Waals surface area contributed by atoms with E-state index in [0.717, 1.165) is 12.0 Å². The summed E-state index contributed by atoms with van der Waals surface area (Å²) < 4.78 is 0. The van der Waals surface area contributed by atoms with Gasteiger partial charge in [-0.15, -0.1) is 0 Å². The van der Waals surface area contributed by atoms with Crippen LogP contribution in [0, 0.1) is 11.3 Å². The van der Waals surface area contributed by atoms with Gasteiger partial charge in [0.05, 0.1) is 11.6 Å². The third kappa shape index (κ3) is 5.89. The molecule has 0 heterocycles. The molecule has 0 aromatic heterocycles. The van der Waals surface area contributed by atoms with Crippen LogP contribution < -0.4 is 10.6 Å². The number of rotatable bonds is 6. The van der Waals surface area contributed by atoms with Gasteiger partial charge in [0.25, 0.3) is 0 Å². The molecular weight excluding hydrogens is 242 g/mol. The van der Waals surface area contributed by atoms with Gasteiger partial charge < -0.3 is 15.7 Å². The Labute approximate surface area is 113 Å². The smallest absolute Gasteiger partial charge is 0.315 e. The molecule has 1 atom stereocenters. The van der Waals surface area contributed by atoms with Crippen LogP contribution in [0.3, 0.4) is 0 Å². The van der Waals surface area contributed by atoms with Gasteiger partial charge in [-0.25, -0.2) is 4.79 Å². The Morgan fingerprint density at radius 2 is 2.32 bits per heavy atom. The Morgan fingerprint density at radius 1 is 1.53 bits per heavy atom. The number of hydrogen-bond acceptors (Lipinski definition) is 3. The molecule has 1 rings (SSSR count). The topological polar surface area (TPSA) is 85.2 Å². The molecule has 0 radical (unpaired) electrons. The number of carbonyl (C=O) groups is 1. The summed E-state index contributed by atoms with van der Waals surface area (Å²) >= 11 is 0. The van der Waals surface area contributed by atoms with Gasteiger partial charge in [0, 0.05) is 19.2 Å². The number of aliphatic hydroxyl groups excluding tert-OH is 1. The lowest BCUT2D eigenvalue weighted by Gasteiger charge is -2.14. The third-order valence-electron chi connectivity index (χ3n) is 2.68. The SMILES string of the molecule is CC(CCCO)NC(=O)NCc1cccc(C#N)c1. The zero-order valence-electron chi connectivity index (χ0n) is 11.0. The van der Waals surface area contributed by atoms with Crippen LogP contribution in [0.1, 0.15) is 30.9 Å². The average Bonchev–Trinajstić information content (AvgIpc) is 2.43. The number of nitrogens with one attached hydrogen (secondary N) is 2. The minimum atomic E-state index is -0.243. The van der Waals surface area contributed by atoms with Crippen LogP contribution in [0.4, 0.5) is 4.79 Å². The van der Waals surface area contributed by atoms with E-state index in [9.17, 15) is 4.79 Å². The Balaban J connectivity index is 2.35. The second kappa shape index (κ2) is 8.11. The Hall–Kier alpha value is -2.06. The fourth-order valence-corrected chi connectivity index (χ4v) is 1.68. The van der Waals surface area contributed by atoms with Crippen molar-refractivity contribution in [3.63, 3.8) is 0 Å². The molecule has 0 fully saturated rings. The van der Waals surface area contributed by atoms with Crippen LogP contribution >= 0.6 is 0 Å². The lowest BCUT2D eigenvalue weighted by Crippen LogP contribution is -2.40. The third-order valence-corrected chi connectivity index (χ3v) is 2.68. The molecule has 1 unspecified atom stereocenters. The summed E-state index contributed by atoms with van der Waals surface area (Å²) in [5, 5.41) is 23.0. The van der Waals surface area contributed by atoms with Crippen LogP contribution in [0.25, 0.3) is 0 Å². The first-order chi connectivity index (χ1) is 9.15. The molecule has 0 spiro atoms. The molecule has 19 heavy (non-hydrogen) atoms. The highest BCUT2D eigenvalue weighted by atomic mass is 16.3. The summed E-state index contributed by atoms with van der Waals surface area (Å²) in [4.78, 5) is 11.6. The zero-order chi connectivity index (χ0) is 14.1. The molecule has 1 aromatic carbocycles. The van der Waals surface area contributed by atoms with Gasteiger partial charge in [0.15, 0.2) is 0 Å². The van der Waals surface area contributed by atoms with E-state index in [0.29, 0.717) is 18.5 Å². The van der Waals surface area contributed by atoms with E-state index in [4.69, 9.17) is 10.4 Å². The Morgan fingerprint density at radius 3 is 3.00 bits per heavy atom. The molecular formula is C14H19N3O2. The van der Waals surface area contributed by atoms with E-state index in [1.165, 1.54) is 0 Å². The lowest BCUT2D eigenvalue weighted by molar-refractivity contribution is 0.234. The van der Waals surface area contributed by atoms with E-state index >= 15 is 0 Å². The monoisotopic (exact) mass is 261 g/mol. The van der Waals surface area contributed by atoms with Crippen LogP contribution in [-0.4, -0.2) is 23.8 Å². The number of hydrogen-bond donors (Lipinski definition) is 3. The lowest BCUT2D eigenvalue weighted by atomic mass is 10.1. The standard InChI is InChI=1S/C14H19N3O2/c1-11(4-3-7-18)17-14(19)16-10-13-6-2-5-12(8-13)9-15/h2,5-6,8,11,18H,3-4,7,10H2,1H3,(H2,16,17,19). The molecule has 102 valence electrons.